The number of ether oxygens (including phenoxy) is 2. The van der Waals surface area contributed by atoms with Crippen LogP contribution in [0.4, 0.5) is 0 Å². The monoisotopic (exact) mass is 410 g/mol. The molecule has 3 rings (SSSR count). The van der Waals surface area contributed by atoms with Crippen molar-refractivity contribution < 1.29 is 24.2 Å². The molecule has 2 aromatic carbocycles. The number of nitrogens with zero attached hydrogens (tertiary/aromatic N) is 2. The number of methoxy groups -OCH3 is 2. The van der Waals surface area contributed by atoms with E-state index >= 15 is 0 Å². The van der Waals surface area contributed by atoms with E-state index in [1.54, 1.807) is 20.3 Å². The summed E-state index contributed by atoms with van der Waals surface area (Å²) in [5.74, 6) is 0.171. The summed E-state index contributed by atoms with van der Waals surface area (Å²) in [6, 6.07) is 13.1. The lowest BCUT2D eigenvalue weighted by atomic mass is 9.96. The minimum atomic E-state index is -0.918. The quantitative estimate of drug-likeness (QED) is 0.712. The van der Waals surface area contributed by atoms with Crippen LogP contribution in [0.25, 0.3) is 0 Å². The number of rotatable bonds is 8. The van der Waals surface area contributed by atoms with Crippen LogP contribution in [0.5, 0.6) is 11.5 Å². The maximum Gasteiger partial charge on any atom is 0.303 e. The van der Waals surface area contributed by atoms with Crippen LogP contribution in [0.2, 0.25) is 0 Å². The molecule has 2 aromatic rings. The van der Waals surface area contributed by atoms with E-state index in [4.69, 9.17) is 14.6 Å². The molecule has 1 aliphatic rings. The molecular weight excluding hydrogens is 384 g/mol. The number of carboxylic acid groups (broad SMARTS) is 1. The van der Waals surface area contributed by atoms with Gasteiger partial charge in [-0.05, 0) is 37.1 Å². The number of carbonyl (C=O) groups excluding carboxylic acids is 1. The number of hydrogen-bond acceptors (Lipinski definition) is 5. The summed E-state index contributed by atoms with van der Waals surface area (Å²) < 4.78 is 10.9. The predicted molar refractivity (Wildman–Crippen MR) is 113 cm³/mol. The molecule has 0 fully saturated rings. The molecule has 0 spiro atoms. The van der Waals surface area contributed by atoms with Gasteiger partial charge in [-0.1, -0.05) is 29.8 Å². The molecule has 7 heteroatoms. The fourth-order valence-corrected chi connectivity index (χ4v) is 3.51. The topological polar surface area (TPSA) is 88.4 Å². The fourth-order valence-electron chi connectivity index (χ4n) is 3.51. The van der Waals surface area contributed by atoms with Crippen molar-refractivity contribution in [2.45, 2.75) is 38.6 Å². The average Bonchev–Trinajstić information content (AvgIpc) is 3.18. The smallest absolute Gasteiger partial charge is 0.303 e. The van der Waals surface area contributed by atoms with E-state index in [2.05, 4.69) is 5.10 Å². The number of aryl methyl sites for hydroxylation is 1. The Morgan fingerprint density at radius 3 is 2.47 bits per heavy atom. The Morgan fingerprint density at radius 2 is 1.83 bits per heavy atom. The number of carboxylic acids is 1. The zero-order valence-electron chi connectivity index (χ0n) is 17.4. The van der Waals surface area contributed by atoms with E-state index in [-0.39, 0.29) is 31.2 Å². The lowest BCUT2D eigenvalue weighted by Gasteiger charge is -2.24. The Balaban J connectivity index is 1.95. The molecule has 1 aliphatic heterocycles. The van der Waals surface area contributed by atoms with Crippen LogP contribution in [0, 0.1) is 6.92 Å². The Bertz CT molecular complexity index is 953. The van der Waals surface area contributed by atoms with Gasteiger partial charge in [0.1, 0.15) is 11.5 Å². The molecule has 1 heterocycles. The maximum atomic E-state index is 12.9. The molecule has 0 aliphatic carbocycles. The number of hydrazone groups is 1. The van der Waals surface area contributed by atoms with E-state index in [0.29, 0.717) is 17.9 Å². The summed E-state index contributed by atoms with van der Waals surface area (Å²) in [5.41, 5.74) is 3.70. The standard InChI is InChI=1S/C23H26N2O5/c1-15-7-9-16(10-8-15)19-14-20(18-13-17(29-2)11-12-21(18)30-3)25(24-19)22(26)5-4-6-23(27)28/h7-13,20H,4-6,14H2,1-3H3,(H,27,28)/t20-/m1/s1. The summed E-state index contributed by atoms with van der Waals surface area (Å²) in [4.78, 5) is 23.8. The lowest BCUT2D eigenvalue weighted by molar-refractivity contribution is -0.137. The van der Waals surface area contributed by atoms with Gasteiger partial charge in [-0.25, -0.2) is 5.01 Å². The summed E-state index contributed by atoms with van der Waals surface area (Å²) in [7, 11) is 3.17. The van der Waals surface area contributed by atoms with Crippen LogP contribution in [0.1, 0.15) is 48.4 Å². The van der Waals surface area contributed by atoms with Crippen LogP contribution in [0.3, 0.4) is 0 Å². The number of hydrogen-bond donors (Lipinski definition) is 1. The molecule has 158 valence electrons. The molecule has 0 aromatic heterocycles. The third kappa shape index (κ3) is 4.79. The van der Waals surface area contributed by atoms with E-state index < -0.39 is 5.97 Å². The molecule has 30 heavy (non-hydrogen) atoms. The predicted octanol–water partition coefficient (Wildman–Crippen LogP) is 3.94. The second-order valence-electron chi connectivity index (χ2n) is 7.23. The van der Waals surface area contributed by atoms with Crippen molar-refractivity contribution in [3.8, 4) is 11.5 Å². The number of aliphatic carboxylic acids is 1. The van der Waals surface area contributed by atoms with Crippen molar-refractivity contribution in [1.29, 1.82) is 0 Å². The van der Waals surface area contributed by atoms with Crippen molar-refractivity contribution >= 4 is 17.6 Å². The van der Waals surface area contributed by atoms with Crippen molar-refractivity contribution in [3.63, 3.8) is 0 Å². The average molecular weight is 410 g/mol. The largest absolute Gasteiger partial charge is 0.497 e. The van der Waals surface area contributed by atoms with Crippen LogP contribution >= 0.6 is 0 Å². The summed E-state index contributed by atoms with van der Waals surface area (Å²) in [6.45, 7) is 2.02. The molecule has 1 amide bonds. The highest BCUT2D eigenvalue weighted by Crippen LogP contribution is 2.39. The summed E-state index contributed by atoms with van der Waals surface area (Å²) in [6.07, 6.45) is 0.848. The minimum absolute atomic E-state index is 0.0543. The third-order valence-electron chi connectivity index (χ3n) is 5.13. The van der Waals surface area contributed by atoms with Crippen LogP contribution in [0.15, 0.2) is 47.6 Å². The summed E-state index contributed by atoms with van der Waals surface area (Å²) in [5, 5.41) is 15.0. The zero-order chi connectivity index (χ0) is 21.7. The van der Waals surface area contributed by atoms with E-state index in [1.807, 2.05) is 43.3 Å². The zero-order valence-corrected chi connectivity index (χ0v) is 17.4. The van der Waals surface area contributed by atoms with Gasteiger partial charge < -0.3 is 14.6 Å². The van der Waals surface area contributed by atoms with Gasteiger partial charge in [0, 0.05) is 24.8 Å². The van der Waals surface area contributed by atoms with Crippen molar-refractivity contribution in [3.05, 3.63) is 59.2 Å². The van der Waals surface area contributed by atoms with Gasteiger partial charge in [-0.3, -0.25) is 9.59 Å². The molecule has 7 nitrogen and oxygen atoms in total. The third-order valence-corrected chi connectivity index (χ3v) is 5.13. The lowest BCUT2D eigenvalue weighted by Crippen LogP contribution is -2.27. The Kier molecular flexibility index (Phi) is 6.72. The number of benzene rings is 2. The van der Waals surface area contributed by atoms with Crippen molar-refractivity contribution in [1.82, 2.24) is 5.01 Å². The SMILES string of the molecule is COc1ccc(OC)c([C@H]2CC(c3ccc(C)cc3)=NN2C(=O)CCCC(=O)O)c1. The van der Waals surface area contributed by atoms with Gasteiger partial charge in [-0.2, -0.15) is 5.10 Å². The molecular formula is C23H26N2O5. The molecule has 0 unspecified atom stereocenters. The van der Waals surface area contributed by atoms with E-state index in [1.165, 1.54) is 5.01 Å². The first-order valence-corrected chi connectivity index (χ1v) is 9.83. The van der Waals surface area contributed by atoms with Gasteiger partial charge in [-0.15, -0.1) is 0 Å². The second kappa shape index (κ2) is 9.43. The van der Waals surface area contributed by atoms with Crippen LogP contribution in [-0.4, -0.2) is 41.9 Å². The normalized spacial score (nSPS) is 15.6. The van der Waals surface area contributed by atoms with Crippen molar-refractivity contribution in [2.24, 2.45) is 5.10 Å². The minimum Gasteiger partial charge on any atom is -0.497 e. The van der Waals surface area contributed by atoms with Gasteiger partial charge in [0.2, 0.25) is 5.91 Å². The van der Waals surface area contributed by atoms with E-state index in [9.17, 15) is 9.59 Å². The fraction of sp³-hybridized carbons (Fsp3) is 0.348. The van der Waals surface area contributed by atoms with Crippen molar-refractivity contribution in [2.75, 3.05) is 14.2 Å². The summed E-state index contributed by atoms with van der Waals surface area (Å²) >= 11 is 0. The van der Waals surface area contributed by atoms with Gasteiger partial charge in [0.25, 0.3) is 0 Å². The molecule has 0 saturated heterocycles. The molecule has 1 N–H and O–H groups in total. The highest BCUT2D eigenvalue weighted by Gasteiger charge is 2.34. The Morgan fingerprint density at radius 1 is 1.10 bits per heavy atom. The van der Waals surface area contributed by atoms with Gasteiger partial charge in [0.05, 0.1) is 26.0 Å². The Labute approximate surface area is 175 Å². The van der Waals surface area contributed by atoms with E-state index in [0.717, 1.165) is 22.4 Å². The number of amides is 1. The molecule has 0 radical (unpaired) electrons. The maximum absolute atomic E-state index is 12.9. The number of carbonyl (C=O) groups is 2. The Hall–Kier alpha value is -3.35. The highest BCUT2D eigenvalue weighted by molar-refractivity contribution is 6.03. The first kappa shape index (κ1) is 21.4. The second-order valence-corrected chi connectivity index (χ2v) is 7.23. The van der Waals surface area contributed by atoms with Crippen LogP contribution < -0.4 is 9.47 Å². The molecule has 0 saturated carbocycles. The first-order valence-electron chi connectivity index (χ1n) is 9.83. The first-order chi connectivity index (χ1) is 14.4. The van der Waals surface area contributed by atoms with Gasteiger partial charge >= 0.3 is 5.97 Å². The highest BCUT2D eigenvalue weighted by atomic mass is 16.5. The molecule has 1 atom stereocenters. The molecule has 0 bridgehead atoms. The van der Waals surface area contributed by atoms with Crippen LogP contribution in [-0.2, 0) is 9.59 Å². The van der Waals surface area contributed by atoms with Gasteiger partial charge in [0.15, 0.2) is 0 Å².